The fourth-order valence-electron chi connectivity index (χ4n) is 3.89. The highest BCUT2D eigenvalue weighted by Crippen LogP contribution is 2.36. The third-order valence-corrected chi connectivity index (χ3v) is 5.38. The predicted octanol–water partition coefficient (Wildman–Crippen LogP) is 3.50. The summed E-state index contributed by atoms with van der Waals surface area (Å²) in [5.41, 5.74) is 3.11. The zero-order valence-corrected chi connectivity index (χ0v) is 13.5. The summed E-state index contributed by atoms with van der Waals surface area (Å²) in [6.45, 7) is 0.829. The van der Waals surface area contributed by atoms with Crippen molar-refractivity contribution in [2.75, 3.05) is 16.8 Å². The van der Waals surface area contributed by atoms with E-state index >= 15 is 0 Å². The van der Waals surface area contributed by atoms with E-state index in [-0.39, 0.29) is 23.7 Å². The van der Waals surface area contributed by atoms with Crippen molar-refractivity contribution in [3.8, 4) is 0 Å². The second-order valence-electron chi connectivity index (χ2n) is 7.18. The molecule has 4 rings (SSSR count). The summed E-state index contributed by atoms with van der Waals surface area (Å²) in [7, 11) is 0. The number of nitrogens with zero attached hydrogens (tertiary/aromatic N) is 1. The molecule has 2 aliphatic carbocycles. The van der Waals surface area contributed by atoms with Gasteiger partial charge in [0, 0.05) is 29.8 Å². The van der Waals surface area contributed by atoms with Crippen molar-refractivity contribution in [1.82, 2.24) is 0 Å². The Morgan fingerprint density at radius 3 is 2.52 bits per heavy atom. The zero-order valence-electron chi connectivity index (χ0n) is 13.5. The lowest BCUT2D eigenvalue weighted by molar-refractivity contribution is -0.120. The molecule has 1 aromatic carbocycles. The van der Waals surface area contributed by atoms with Crippen LogP contribution in [-0.4, -0.2) is 18.4 Å². The van der Waals surface area contributed by atoms with Crippen LogP contribution in [0.2, 0.25) is 0 Å². The number of nitrogens with one attached hydrogen (secondary N) is 1. The Balaban J connectivity index is 1.51. The highest BCUT2D eigenvalue weighted by Gasteiger charge is 2.35. The molecule has 2 amide bonds. The van der Waals surface area contributed by atoms with Gasteiger partial charge in [0.2, 0.25) is 11.8 Å². The van der Waals surface area contributed by atoms with Gasteiger partial charge in [-0.2, -0.15) is 0 Å². The van der Waals surface area contributed by atoms with Gasteiger partial charge < -0.3 is 10.2 Å². The largest absolute Gasteiger partial charge is 0.326 e. The minimum atomic E-state index is 0.157. The minimum Gasteiger partial charge on any atom is -0.326 e. The SMILES string of the molecule is O=C(Nc1ccc2c(c1)CCCN2C(=O)C1CC1)C1CCCC1. The van der Waals surface area contributed by atoms with Gasteiger partial charge >= 0.3 is 0 Å². The molecule has 0 atom stereocenters. The normalized spacial score (nSPS) is 21.1. The lowest BCUT2D eigenvalue weighted by Gasteiger charge is -2.30. The zero-order chi connectivity index (χ0) is 15.8. The molecule has 1 aliphatic heterocycles. The maximum Gasteiger partial charge on any atom is 0.230 e. The monoisotopic (exact) mass is 312 g/mol. The molecule has 0 aromatic heterocycles. The molecule has 0 saturated heterocycles. The topological polar surface area (TPSA) is 49.4 Å². The number of hydrogen-bond donors (Lipinski definition) is 1. The Hall–Kier alpha value is -1.84. The first-order valence-corrected chi connectivity index (χ1v) is 8.97. The van der Waals surface area contributed by atoms with Crippen molar-refractivity contribution in [2.24, 2.45) is 11.8 Å². The summed E-state index contributed by atoms with van der Waals surface area (Å²) < 4.78 is 0. The molecule has 1 aromatic rings. The van der Waals surface area contributed by atoms with E-state index in [9.17, 15) is 9.59 Å². The first-order valence-electron chi connectivity index (χ1n) is 8.97. The average Bonchev–Trinajstić information content (AvgIpc) is 3.27. The van der Waals surface area contributed by atoms with Crippen molar-refractivity contribution in [3.05, 3.63) is 23.8 Å². The number of amides is 2. The molecule has 3 aliphatic rings. The van der Waals surface area contributed by atoms with Crippen LogP contribution in [0.1, 0.15) is 50.5 Å². The van der Waals surface area contributed by atoms with Crippen LogP contribution in [0.15, 0.2) is 18.2 Å². The Labute approximate surface area is 137 Å². The van der Waals surface area contributed by atoms with Gasteiger partial charge in [-0.1, -0.05) is 12.8 Å². The molecule has 23 heavy (non-hydrogen) atoms. The molecule has 2 saturated carbocycles. The van der Waals surface area contributed by atoms with Crippen molar-refractivity contribution in [2.45, 2.75) is 51.4 Å². The smallest absolute Gasteiger partial charge is 0.230 e. The summed E-state index contributed by atoms with van der Waals surface area (Å²) in [6.07, 6.45) is 8.44. The molecule has 2 fully saturated rings. The van der Waals surface area contributed by atoms with Crippen LogP contribution in [0, 0.1) is 11.8 Å². The molecular weight excluding hydrogens is 288 g/mol. The molecule has 122 valence electrons. The Morgan fingerprint density at radius 2 is 1.78 bits per heavy atom. The van der Waals surface area contributed by atoms with E-state index in [1.54, 1.807) is 0 Å². The first kappa shape index (κ1) is 14.7. The Bertz CT molecular complexity index is 630. The molecule has 0 spiro atoms. The van der Waals surface area contributed by atoms with E-state index in [4.69, 9.17) is 0 Å². The number of fused-ring (bicyclic) bond motifs is 1. The predicted molar refractivity (Wildman–Crippen MR) is 90.4 cm³/mol. The van der Waals surface area contributed by atoms with Gasteiger partial charge in [-0.15, -0.1) is 0 Å². The van der Waals surface area contributed by atoms with Crippen LogP contribution in [0.5, 0.6) is 0 Å². The number of rotatable bonds is 3. The molecular formula is C19H24N2O2. The highest BCUT2D eigenvalue weighted by molar-refractivity contribution is 5.98. The van der Waals surface area contributed by atoms with E-state index in [1.807, 2.05) is 17.0 Å². The van der Waals surface area contributed by atoms with E-state index in [0.717, 1.165) is 56.4 Å². The second kappa shape index (κ2) is 5.99. The second-order valence-corrected chi connectivity index (χ2v) is 7.18. The quantitative estimate of drug-likeness (QED) is 0.928. The van der Waals surface area contributed by atoms with Crippen LogP contribution in [-0.2, 0) is 16.0 Å². The molecule has 0 bridgehead atoms. The van der Waals surface area contributed by atoms with Gasteiger partial charge in [0.15, 0.2) is 0 Å². The summed E-state index contributed by atoms with van der Waals surface area (Å²) >= 11 is 0. The summed E-state index contributed by atoms with van der Waals surface area (Å²) in [4.78, 5) is 26.7. The maximum atomic E-state index is 12.4. The number of benzene rings is 1. The van der Waals surface area contributed by atoms with Crippen molar-refractivity contribution in [3.63, 3.8) is 0 Å². The molecule has 1 N–H and O–H groups in total. The Morgan fingerprint density at radius 1 is 1.00 bits per heavy atom. The number of aryl methyl sites for hydroxylation is 1. The third-order valence-electron chi connectivity index (χ3n) is 5.38. The van der Waals surface area contributed by atoms with Gasteiger partial charge in [-0.3, -0.25) is 9.59 Å². The maximum absolute atomic E-state index is 12.4. The van der Waals surface area contributed by atoms with Crippen molar-refractivity contribution < 1.29 is 9.59 Å². The van der Waals surface area contributed by atoms with Gasteiger partial charge in [-0.25, -0.2) is 0 Å². The molecule has 0 radical (unpaired) electrons. The number of carbonyl (C=O) groups excluding carboxylic acids is 2. The van der Waals surface area contributed by atoms with Crippen molar-refractivity contribution >= 4 is 23.2 Å². The lowest BCUT2D eigenvalue weighted by Crippen LogP contribution is -2.36. The van der Waals surface area contributed by atoms with Crippen LogP contribution >= 0.6 is 0 Å². The Kier molecular flexibility index (Phi) is 3.83. The van der Waals surface area contributed by atoms with Gasteiger partial charge in [-0.05, 0) is 62.3 Å². The summed E-state index contributed by atoms with van der Waals surface area (Å²) in [5, 5.41) is 3.07. The summed E-state index contributed by atoms with van der Waals surface area (Å²) in [6, 6.07) is 6.03. The fourth-order valence-corrected chi connectivity index (χ4v) is 3.89. The van der Waals surface area contributed by atoms with Gasteiger partial charge in [0.1, 0.15) is 0 Å². The van der Waals surface area contributed by atoms with Gasteiger partial charge in [0.05, 0.1) is 0 Å². The number of carbonyl (C=O) groups is 2. The first-order chi connectivity index (χ1) is 11.2. The molecule has 1 heterocycles. The average molecular weight is 312 g/mol. The van der Waals surface area contributed by atoms with E-state index < -0.39 is 0 Å². The third kappa shape index (κ3) is 2.99. The van der Waals surface area contributed by atoms with Crippen LogP contribution in [0.3, 0.4) is 0 Å². The van der Waals surface area contributed by atoms with E-state index in [1.165, 1.54) is 18.4 Å². The molecule has 4 nitrogen and oxygen atoms in total. The highest BCUT2D eigenvalue weighted by atomic mass is 16.2. The number of hydrogen-bond acceptors (Lipinski definition) is 2. The van der Waals surface area contributed by atoms with Crippen LogP contribution in [0.25, 0.3) is 0 Å². The van der Waals surface area contributed by atoms with E-state index in [0.29, 0.717) is 0 Å². The van der Waals surface area contributed by atoms with Gasteiger partial charge in [0.25, 0.3) is 0 Å². The molecule has 4 heteroatoms. The van der Waals surface area contributed by atoms with E-state index in [2.05, 4.69) is 11.4 Å². The summed E-state index contributed by atoms with van der Waals surface area (Å²) in [5.74, 6) is 0.875. The molecule has 0 unspecified atom stereocenters. The fraction of sp³-hybridized carbons (Fsp3) is 0.579. The van der Waals surface area contributed by atoms with Crippen molar-refractivity contribution in [1.29, 1.82) is 0 Å². The minimum absolute atomic E-state index is 0.157. The van der Waals surface area contributed by atoms with Crippen LogP contribution < -0.4 is 10.2 Å². The lowest BCUT2D eigenvalue weighted by atomic mass is 10.00. The van der Waals surface area contributed by atoms with Crippen LogP contribution in [0.4, 0.5) is 11.4 Å². The number of anilines is 2. The standard InChI is InChI=1S/C19H24N2O2/c22-18(13-4-1-2-5-13)20-16-9-10-17-15(12-16)6-3-11-21(17)19(23)14-7-8-14/h9-10,12-14H,1-8,11H2,(H,20,22).